The third-order valence-electron chi connectivity index (χ3n) is 6.02. The molecular weight excluding hydrogens is 362 g/mol. The predicted molar refractivity (Wildman–Crippen MR) is 114 cm³/mol. The van der Waals surface area contributed by atoms with Gasteiger partial charge >= 0.3 is 0 Å². The lowest BCUT2D eigenvalue weighted by molar-refractivity contribution is 0.0690. The number of aryl methyl sites for hydroxylation is 1. The normalized spacial score (nSPS) is 20.0. The number of nitrogens with zero attached hydrogens (tertiary/aromatic N) is 3. The number of aromatic nitrogens is 1. The van der Waals surface area contributed by atoms with Gasteiger partial charge < -0.3 is 14.5 Å². The van der Waals surface area contributed by atoms with Crippen molar-refractivity contribution >= 4 is 5.91 Å². The number of amides is 1. The summed E-state index contributed by atoms with van der Waals surface area (Å²) >= 11 is 0. The maximum atomic E-state index is 13.2. The number of hydrogen-bond donors (Lipinski definition) is 0. The van der Waals surface area contributed by atoms with Gasteiger partial charge in [0.15, 0.2) is 0 Å². The van der Waals surface area contributed by atoms with E-state index < -0.39 is 0 Å². The molecule has 4 rings (SSSR count). The SMILES string of the molecule is Cc1ccc(OCc2cccc(C(=O)N3CCCC3CN3CCCCC3)c2)cn1. The second-order valence-corrected chi connectivity index (χ2v) is 8.28. The average Bonchev–Trinajstić information content (AvgIpc) is 3.22. The van der Waals surface area contributed by atoms with Crippen molar-refractivity contribution in [3.8, 4) is 5.75 Å². The molecule has 1 unspecified atom stereocenters. The first kappa shape index (κ1) is 19.9. The molecule has 0 aliphatic carbocycles. The molecule has 154 valence electrons. The summed E-state index contributed by atoms with van der Waals surface area (Å²) in [6.07, 6.45) is 7.88. The molecule has 1 aromatic carbocycles. The summed E-state index contributed by atoms with van der Waals surface area (Å²) in [5, 5.41) is 0. The van der Waals surface area contributed by atoms with Crippen LogP contribution < -0.4 is 4.74 Å². The largest absolute Gasteiger partial charge is 0.487 e. The van der Waals surface area contributed by atoms with Crippen LogP contribution in [0.5, 0.6) is 5.75 Å². The molecule has 0 spiro atoms. The van der Waals surface area contributed by atoms with E-state index in [0.29, 0.717) is 12.6 Å². The van der Waals surface area contributed by atoms with Crippen molar-refractivity contribution in [1.29, 1.82) is 0 Å². The molecule has 0 bridgehead atoms. The molecule has 1 amide bonds. The smallest absolute Gasteiger partial charge is 0.254 e. The molecule has 1 atom stereocenters. The molecule has 0 N–H and O–H groups in total. The van der Waals surface area contributed by atoms with Crippen LogP contribution in [-0.2, 0) is 6.61 Å². The van der Waals surface area contributed by atoms with Crippen molar-refractivity contribution in [3.63, 3.8) is 0 Å². The minimum atomic E-state index is 0.156. The van der Waals surface area contributed by atoms with Gasteiger partial charge in [0, 0.05) is 30.4 Å². The van der Waals surface area contributed by atoms with Gasteiger partial charge in [-0.25, -0.2) is 0 Å². The Morgan fingerprint density at radius 3 is 2.76 bits per heavy atom. The van der Waals surface area contributed by atoms with Crippen LogP contribution >= 0.6 is 0 Å². The first-order valence-corrected chi connectivity index (χ1v) is 10.9. The standard InChI is InChI=1S/C24H31N3O2/c1-19-10-11-23(16-25-19)29-18-20-7-5-8-21(15-20)24(28)27-14-6-9-22(27)17-26-12-3-2-4-13-26/h5,7-8,10-11,15-16,22H,2-4,6,9,12-14,17-18H2,1H3. The maximum absolute atomic E-state index is 13.2. The van der Waals surface area contributed by atoms with Crippen LogP contribution in [0.3, 0.4) is 0 Å². The van der Waals surface area contributed by atoms with Gasteiger partial charge in [-0.3, -0.25) is 9.78 Å². The Bertz CT molecular complexity index is 815. The fraction of sp³-hybridized carbons (Fsp3) is 0.500. The molecular formula is C24H31N3O2. The van der Waals surface area contributed by atoms with Crippen molar-refractivity contribution in [1.82, 2.24) is 14.8 Å². The van der Waals surface area contributed by atoms with E-state index >= 15 is 0 Å². The molecule has 0 radical (unpaired) electrons. The van der Waals surface area contributed by atoms with E-state index in [-0.39, 0.29) is 5.91 Å². The Hall–Kier alpha value is -2.40. The molecule has 1 aromatic heterocycles. The Kier molecular flexibility index (Phi) is 6.45. The fourth-order valence-electron chi connectivity index (χ4n) is 4.40. The average molecular weight is 394 g/mol. The molecule has 29 heavy (non-hydrogen) atoms. The van der Waals surface area contributed by atoms with E-state index in [9.17, 15) is 4.79 Å². The predicted octanol–water partition coefficient (Wildman–Crippen LogP) is 4.06. The number of hydrogen-bond acceptors (Lipinski definition) is 4. The van der Waals surface area contributed by atoms with Gasteiger partial charge in [0.2, 0.25) is 0 Å². The third kappa shape index (κ3) is 5.15. The van der Waals surface area contributed by atoms with E-state index in [1.807, 2.05) is 43.3 Å². The number of carbonyl (C=O) groups is 1. The topological polar surface area (TPSA) is 45.7 Å². The molecule has 3 heterocycles. The molecule has 2 saturated heterocycles. The highest BCUT2D eigenvalue weighted by atomic mass is 16.5. The van der Waals surface area contributed by atoms with Crippen LogP contribution in [0.1, 0.15) is 53.7 Å². The van der Waals surface area contributed by atoms with E-state index in [1.54, 1.807) is 6.20 Å². The van der Waals surface area contributed by atoms with Crippen molar-refractivity contribution in [2.24, 2.45) is 0 Å². The van der Waals surface area contributed by atoms with Crippen molar-refractivity contribution in [2.75, 3.05) is 26.2 Å². The summed E-state index contributed by atoms with van der Waals surface area (Å²) < 4.78 is 5.83. The molecule has 0 saturated carbocycles. The summed E-state index contributed by atoms with van der Waals surface area (Å²) in [6, 6.07) is 12.1. The van der Waals surface area contributed by atoms with E-state index in [2.05, 4.69) is 14.8 Å². The highest BCUT2D eigenvalue weighted by Crippen LogP contribution is 2.23. The number of ether oxygens (including phenoxy) is 1. The zero-order valence-electron chi connectivity index (χ0n) is 17.3. The van der Waals surface area contributed by atoms with Gasteiger partial charge in [-0.1, -0.05) is 18.6 Å². The highest BCUT2D eigenvalue weighted by molar-refractivity contribution is 5.94. The Morgan fingerprint density at radius 2 is 1.97 bits per heavy atom. The van der Waals surface area contributed by atoms with Crippen molar-refractivity contribution < 1.29 is 9.53 Å². The number of pyridine rings is 1. The maximum Gasteiger partial charge on any atom is 0.254 e. The van der Waals surface area contributed by atoms with E-state index in [4.69, 9.17) is 4.74 Å². The molecule has 2 aliphatic rings. The molecule has 2 aromatic rings. The van der Waals surface area contributed by atoms with Crippen LogP contribution in [0.2, 0.25) is 0 Å². The summed E-state index contributed by atoms with van der Waals surface area (Å²) in [5.74, 6) is 0.900. The van der Waals surface area contributed by atoms with E-state index in [0.717, 1.165) is 48.5 Å². The molecule has 2 fully saturated rings. The van der Waals surface area contributed by atoms with Gasteiger partial charge in [-0.15, -0.1) is 0 Å². The number of carbonyl (C=O) groups excluding carboxylic acids is 1. The summed E-state index contributed by atoms with van der Waals surface area (Å²) in [5.41, 5.74) is 2.73. The summed E-state index contributed by atoms with van der Waals surface area (Å²) in [6.45, 7) is 6.64. The minimum absolute atomic E-state index is 0.156. The fourth-order valence-corrected chi connectivity index (χ4v) is 4.40. The second kappa shape index (κ2) is 9.40. The first-order valence-electron chi connectivity index (χ1n) is 10.9. The van der Waals surface area contributed by atoms with Gasteiger partial charge in [0.05, 0.1) is 6.20 Å². The lowest BCUT2D eigenvalue weighted by atomic mass is 10.1. The second-order valence-electron chi connectivity index (χ2n) is 8.28. The lowest BCUT2D eigenvalue weighted by Crippen LogP contribution is -2.44. The van der Waals surface area contributed by atoms with Crippen molar-refractivity contribution in [2.45, 2.75) is 51.7 Å². The van der Waals surface area contributed by atoms with Crippen LogP contribution in [0.25, 0.3) is 0 Å². The monoisotopic (exact) mass is 393 g/mol. The number of benzene rings is 1. The zero-order chi connectivity index (χ0) is 20.1. The van der Waals surface area contributed by atoms with Gasteiger partial charge in [-0.05, 0) is 75.5 Å². The number of rotatable bonds is 6. The number of piperidine rings is 1. The molecule has 5 heteroatoms. The Labute approximate surface area is 173 Å². The quantitative estimate of drug-likeness (QED) is 0.742. The number of likely N-dealkylation sites (tertiary alicyclic amines) is 2. The summed E-state index contributed by atoms with van der Waals surface area (Å²) in [4.78, 5) is 22.1. The highest BCUT2D eigenvalue weighted by Gasteiger charge is 2.31. The lowest BCUT2D eigenvalue weighted by Gasteiger charge is -2.33. The first-order chi connectivity index (χ1) is 14.2. The summed E-state index contributed by atoms with van der Waals surface area (Å²) in [7, 11) is 0. The Balaban J connectivity index is 1.38. The third-order valence-corrected chi connectivity index (χ3v) is 6.02. The van der Waals surface area contributed by atoms with Gasteiger partial charge in [0.25, 0.3) is 5.91 Å². The minimum Gasteiger partial charge on any atom is -0.487 e. The molecule has 5 nitrogen and oxygen atoms in total. The van der Waals surface area contributed by atoms with Crippen LogP contribution in [0.4, 0.5) is 0 Å². The van der Waals surface area contributed by atoms with Crippen LogP contribution in [-0.4, -0.2) is 52.9 Å². The van der Waals surface area contributed by atoms with Crippen LogP contribution in [0, 0.1) is 6.92 Å². The van der Waals surface area contributed by atoms with Crippen molar-refractivity contribution in [3.05, 3.63) is 59.4 Å². The Morgan fingerprint density at radius 1 is 1.10 bits per heavy atom. The van der Waals surface area contributed by atoms with Gasteiger partial charge in [-0.2, -0.15) is 0 Å². The van der Waals surface area contributed by atoms with Gasteiger partial charge in [0.1, 0.15) is 12.4 Å². The van der Waals surface area contributed by atoms with E-state index in [1.165, 1.54) is 32.4 Å². The zero-order valence-corrected chi connectivity index (χ0v) is 17.3. The van der Waals surface area contributed by atoms with Crippen LogP contribution in [0.15, 0.2) is 42.6 Å². The molecule has 2 aliphatic heterocycles.